The van der Waals surface area contributed by atoms with Crippen molar-refractivity contribution in [1.82, 2.24) is 10.1 Å². The van der Waals surface area contributed by atoms with Gasteiger partial charge in [-0.1, -0.05) is 49.3 Å². The van der Waals surface area contributed by atoms with Gasteiger partial charge in [0.2, 0.25) is 0 Å². The molecule has 0 bridgehead atoms. The van der Waals surface area contributed by atoms with Gasteiger partial charge in [0.1, 0.15) is 6.10 Å². The van der Waals surface area contributed by atoms with E-state index in [4.69, 9.17) is 10.3 Å². The van der Waals surface area contributed by atoms with Gasteiger partial charge in [0.25, 0.3) is 5.89 Å². The molecular formula is C16H23N3O2. The molecule has 0 aliphatic rings. The largest absolute Gasteiger partial charge is 0.383 e. The predicted molar refractivity (Wildman–Crippen MR) is 80.7 cm³/mol. The molecule has 0 unspecified atom stereocenters. The summed E-state index contributed by atoms with van der Waals surface area (Å²) in [6, 6.07) is 10.2. The average Bonchev–Trinajstić information content (AvgIpc) is 3.01. The first-order chi connectivity index (χ1) is 10.2. The van der Waals surface area contributed by atoms with Gasteiger partial charge >= 0.3 is 0 Å². The van der Waals surface area contributed by atoms with Crippen LogP contribution in [0, 0.1) is 0 Å². The lowest BCUT2D eigenvalue weighted by Gasteiger charge is -2.28. The van der Waals surface area contributed by atoms with Crippen LogP contribution in [0.4, 0.5) is 0 Å². The zero-order chi connectivity index (χ0) is 15.3. The van der Waals surface area contributed by atoms with Gasteiger partial charge in [0.15, 0.2) is 5.82 Å². The minimum Gasteiger partial charge on any atom is -0.383 e. The van der Waals surface area contributed by atoms with Crippen molar-refractivity contribution in [1.29, 1.82) is 0 Å². The first-order valence-corrected chi connectivity index (χ1v) is 7.45. The smallest absolute Gasteiger partial charge is 0.255 e. The molecule has 5 heteroatoms. The molecule has 0 saturated carbocycles. The Kier molecular flexibility index (Phi) is 5.09. The summed E-state index contributed by atoms with van der Waals surface area (Å²) in [6.45, 7) is 4.61. The van der Waals surface area contributed by atoms with Gasteiger partial charge in [-0.05, 0) is 31.4 Å². The van der Waals surface area contributed by atoms with Gasteiger partial charge in [0.05, 0.1) is 5.41 Å². The van der Waals surface area contributed by atoms with E-state index >= 15 is 0 Å². The molecule has 1 aromatic carbocycles. The van der Waals surface area contributed by atoms with Gasteiger partial charge < -0.3 is 15.4 Å². The second kappa shape index (κ2) is 6.83. The lowest BCUT2D eigenvalue weighted by molar-refractivity contribution is 0.127. The molecule has 0 fully saturated rings. The highest BCUT2D eigenvalue weighted by molar-refractivity contribution is 5.32. The van der Waals surface area contributed by atoms with Crippen molar-refractivity contribution in [3.63, 3.8) is 0 Å². The van der Waals surface area contributed by atoms with E-state index in [-0.39, 0.29) is 11.3 Å². The van der Waals surface area contributed by atoms with Crippen molar-refractivity contribution in [2.45, 2.75) is 44.6 Å². The van der Waals surface area contributed by atoms with Crippen molar-refractivity contribution in [3.05, 3.63) is 47.6 Å². The van der Waals surface area contributed by atoms with Gasteiger partial charge in [-0.15, -0.1) is 0 Å². The third kappa shape index (κ3) is 2.99. The summed E-state index contributed by atoms with van der Waals surface area (Å²) < 4.78 is 5.24. The van der Waals surface area contributed by atoms with Crippen LogP contribution in [0.25, 0.3) is 0 Å². The van der Waals surface area contributed by atoms with Gasteiger partial charge in [-0.3, -0.25) is 0 Å². The number of aliphatic hydroxyl groups excluding tert-OH is 1. The van der Waals surface area contributed by atoms with Crippen LogP contribution in [0.5, 0.6) is 0 Å². The molecular weight excluding hydrogens is 266 g/mol. The van der Waals surface area contributed by atoms with Gasteiger partial charge in [-0.25, -0.2) is 0 Å². The van der Waals surface area contributed by atoms with Crippen LogP contribution in [0.2, 0.25) is 0 Å². The van der Waals surface area contributed by atoms with E-state index in [2.05, 4.69) is 36.1 Å². The van der Waals surface area contributed by atoms with E-state index in [0.717, 1.165) is 18.4 Å². The molecule has 2 rings (SSSR count). The maximum atomic E-state index is 9.94. The second-order valence-electron chi connectivity index (χ2n) is 5.20. The highest BCUT2D eigenvalue weighted by Crippen LogP contribution is 2.37. The van der Waals surface area contributed by atoms with Crippen molar-refractivity contribution in [2.75, 3.05) is 6.54 Å². The Morgan fingerprint density at radius 2 is 1.90 bits per heavy atom. The van der Waals surface area contributed by atoms with Crippen LogP contribution in [0.3, 0.4) is 0 Å². The molecule has 0 radical (unpaired) electrons. The molecule has 2 aromatic rings. The SMILES string of the molecule is CCC(CC)(c1ccccc1)c1noc([C@@H](O)CCN)n1. The standard InChI is InChI=1S/C16H23N3O2/c1-3-16(4-2,12-8-6-5-7-9-12)15-18-14(21-19-15)13(20)10-11-17/h5-9,13,20H,3-4,10-11,17H2,1-2H3/t13-/m0/s1. The van der Waals surface area contributed by atoms with Crippen molar-refractivity contribution < 1.29 is 9.63 Å². The van der Waals surface area contributed by atoms with E-state index in [1.165, 1.54) is 0 Å². The summed E-state index contributed by atoms with van der Waals surface area (Å²) in [5.74, 6) is 0.877. The van der Waals surface area contributed by atoms with Crippen LogP contribution in [0.15, 0.2) is 34.9 Å². The quantitative estimate of drug-likeness (QED) is 0.818. The highest BCUT2D eigenvalue weighted by atomic mass is 16.5. The van der Waals surface area contributed by atoms with Crippen molar-refractivity contribution in [2.24, 2.45) is 5.73 Å². The minimum absolute atomic E-state index is 0.248. The Morgan fingerprint density at radius 1 is 1.24 bits per heavy atom. The van der Waals surface area contributed by atoms with Crippen LogP contribution >= 0.6 is 0 Å². The van der Waals surface area contributed by atoms with E-state index < -0.39 is 6.10 Å². The molecule has 1 heterocycles. The van der Waals surface area contributed by atoms with Crippen molar-refractivity contribution >= 4 is 0 Å². The second-order valence-corrected chi connectivity index (χ2v) is 5.20. The Morgan fingerprint density at radius 3 is 2.48 bits per heavy atom. The molecule has 0 aliphatic heterocycles. The molecule has 1 atom stereocenters. The molecule has 0 saturated heterocycles. The fourth-order valence-electron chi connectivity index (χ4n) is 2.71. The van der Waals surface area contributed by atoms with E-state index in [1.54, 1.807) is 0 Å². The van der Waals surface area contributed by atoms with Gasteiger partial charge in [0, 0.05) is 0 Å². The van der Waals surface area contributed by atoms with Gasteiger partial charge in [-0.2, -0.15) is 4.98 Å². The number of nitrogens with zero attached hydrogens (tertiary/aromatic N) is 2. The molecule has 1 aromatic heterocycles. The van der Waals surface area contributed by atoms with Crippen LogP contribution in [-0.2, 0) is 5.41 Å². The molecule has 0 amide bonds. The third-order valence-corrected chi connectivity index (χ3v) is 4.13. The third-order valence-electron chi connectivity index (χ3n) is 4.13. The molecule has 114 valence electrons. The lowest BCUT2D eigenvalue weighted by atomic mass is 9.75. The van der Waals surface area contributed by atoms with Crippen LogP contribution < -0.4 is 5.73 Å². The first kappa shape index (κ1) is 15.7. The minimum atomic E-state index is -0.793. The summed E-state index contributed by atoms with van der Waals surface area (Å²) in [7, 11) is 0. The normalized spacial score (nSPS) is 13.3. The van der Waals surface area contributed by atoms with E-state index in [9.17, 15) is 5.11 Å². The number of aromatic nitrogens is 2. The number of hydrogen-bond donors (Lipinski definition) is 2. The Labute approximate surface area is 125 Å². The van der Waals surface area contributed by atoms with Crippen LogP contribution in [-0.4, -0.2) is 21.8 Å². The maximum absolute atomic E-state index is 9.94. The summed E-state index contributed by atoms with van der Waals surface area (Å²) >= 11 is 0. The Bertz CT molecular complexity index is 550. The zero-order valence-corrected chi connectivity index (χ0v) is 12.6. The number of aliphatic hydroxyl groups is 1. The first-order valence-electron chi connectivity index (χ1n) is 7.45. The summed E-state index contributed by atoms with van der Waals surface area (Å²) in [6.07, 6.45) is 1.34. The maximum Gasteiger partial charge on any atom is 0.255 e. The monoisotopic (exact) mass is 289 g/mol. The van der Waals surface area contributed by atoms with E-state index in [1.807, 2.05) is 18.2 Å². The molecule has 21 heavy (non-hydrogen) atoms. The molecule has 5 nitrogen and oxygen atoms in total. The number of nitrogens with two attached hydrogens (primary N) is 1. The average molecular weight is 289 g/mol. The fraction of sp³-hybridized carbons (Fsp3) is 0.500. The summed E-state index contributed by atoms with van der Waals surface area (Å²) in [5, 5.41) is 14.1. The van der Waals surface area contributed by atoms with Crippen molar-refractivity contribution in [3.8, 4) is 0 Å². The lowest BCUT2D eigenvalue weighted by Crippen LogP contribution is -2.27. The number of benzene rings is 1. The predicted octanol–water partition coefficient (Wildman–Crippen LogP) is 2.56. The number of rotatable bonds is 7. The highest BCUT2D eigenvalue weighted by Gasteiger charge is 2.36. The summed E-state index contributed by atoms with van der Waals surface area (Å²) in [5.41, 5.74) is 6.33. The Balaban J connectivity index is 2.40. The molecule has 0 aliphatic carbocycles. The van der Waals surface area contributed by atoms with E-state index in [0.29, 0.717) is 18.8 Å². The topological polar surface area (TPSA) is 85.2 Å². The fourth-order valence-corrected chi connectivity index (χ4v) is 2.71. The Hall–Kier alpha value is -1.72. The van der Waals surface area contributed by atoms with Crippen LogP contribution in [0.1, 0.15) is 56.5 Å². The molecule has 0 spiro atoms. The molecule has 3 N–H and O–H groups in total. The number of hydrogen-bond acceptors (Lipinski definition) is 5. The summed E-state index contributed by atoms with van der Waals surface area (Å²) in [4.78, 5) is 4.44. The zero-order valence-electron chi connectivity index (χ0n) is 12.6.